The summed E-state index contributed by atoms with van der Waals surface area (Å²) in [5, 5.41) is 31.7. The fourth-order valence-corrected chi connectivity index (χ4v) is 5.40. The molecule has 2 fully saturated rings. The van der Waals surface area contributed by atoms with Crippen LogP contribution >= 0.6 is 0 Å². The lowest BCUT2D eigenvalue weighted by Gasteiger charge is -2.38. The summed E-state index contributed by atoms with van der Waals surface area (Å²) in [6, 6.07) is 11.1. The summed E-state index contributed by atoms with van der Waals surface area (Å²) in [4.78, 5) is 29.2. The van der Waals surface area contributed by atoms with Crippen molar-refractivity contribution in [1.82, 2.24) is 15.1 Å². The van der Waals surface area contributed by atoms with Crippen molar-refractivity contribution in [2.24, 2.45) is 5.92 Å². The molecule has 0 aliphatic carbocycles. The third-order valence-electron chi connectivity index (χ3n) is 8.02. The number of alkyl carbamates (subject to hydrolysis) is 1. The summed E-state index contributed by atoms with van der Waals surface area (Å²) in [6.07, 6.45) is 1.02. The molecule has 0 radical (unpaired) electrons. The number of ether oxygens (including phenoxy) is 1. The Balaban J connectivity index is 1.56. The van der Waals surface area contributed by atoms with Crippen LogP contribution in [-0.4, -0.2) is 88.1 Å². The Hall–Kier alpha value is -2.75. The van der Waals surface area contributed by atoms with Crippen molar-refractivity contribution in [3.8, 4) is 6.07 Å². The van der Waals surface area contributed by atoms with Gasteiger partial charge < -0.3 is 25.0 Å². The van der Waals surface area contributed by atoms with E-state index in [9.17, 15) is 33.7 Å². The first-order chi connectivity index (χ1) is 18.3. The van der Waals surface area contributed by atoms with Crippen LogP contribution in [0.2, 0.25) is 0 Å². The van der Waals surface area contributed by atoms with Gasteiger partial charge in [0, 0.05) is 25.0 Å². The molecule has 12 heteroatoms. The van der Waals surface area contributed by atoms with Gasteiger partial charge in [0.15, 0.2) is 0 Å². The third-order valence-corrected chi connectivity index (χ3v) is 8.02. The fraction of sp³-hybridized carbons (Fsp3) is 0.667. The SMILES string of the molecule is CC(C)(CCC(C#N)C(=O)N1CCC[C@]1(C)COC(=O)N[C@@H](Cc1ccccc1)B(O)O)N1CCC(F)(F)C1. The minimum Gasteiger partial charge on any atom is -0.447 e. The number of carbonyl (C=O) groups excluding carboxylic acids is 2. The molecule has 9 nitrogen and oxygen atoms in total. The maximum atomic E-state index is 13.7. The molecule has 3 rings (SSSR count). The second-order valence-electron chi connectivity index (χ2n) is 11.6. The third kappa shape index (κ3) is 8.13. The van der Waals surface area contributed by atoms with E-state index in [0.717, 1.165) is 5.56 Å². The zero-order valence-corrected chi connectivity index (χ0v) is 22.9. The number of hydrogen-bond donors (Lipinski definition) is 3. The molecule has 3 atom stereocenters. The van der Waals surface area contributed by atoms with Crippen molar-refractivity contribution in [3.63, 3.8) is 0 Å². The molecule has 0 bridgehead atoms. The van der Waals surface area contributed by atoms with Gasteiger partial charge in [0.25, 0.3) is 5.92 Å². The molecule has 0 saturated carbocycles. The van der Waals surface area contributed by atoms with Gasteiger partial charge in [-0.2, -0.15) is 5.26 Å². The molecular formula is C27H39BF2N4O5. The number of rotatable bonds is 11. The van der Waals surface area contributed by atoms with Crippen LogP contribution in [0.4, 0.5) is 13.6 Å². The summed E-state index contributed by atoms with van der Waals surface area (Å²) in [5.74, 6) is -5.02. The van der Waals surface area contributed by atoms with Gasteiger partial charge in [-0.05, 0) is 58.4 Å². The van der Waals surface area contributed by atoms with E-state index in [0.29, 0.717) is 25.8 Å². The van der Waals surface area contributed by atoms with Gasteiger partial charge in [0.1, 0.15) is 12.5 Å². The standard InChI is InChI=1S/C27H39BF2N4O5/c1-25(2,33-15-13-27(29,30)18-33)12-10-21(17-31)23(35)34-14-7-11-26(34,3)19-39-24(36)32-22(28(37)38)16-20-8-5-4-6-9-20/h4-6,8-9,21-22,37-38H,7,10-16,18-19H2,1-3H3,(H,32,36)/t21?,22-,26+/m0/s1. The topological polar surface area (TPSA) is 126 Å². The van der Waals surface area contributed by atoms with Crippen molar-refractivity contribution in [2.45, 2.75) is 82.2 Å². The molecule has 0 aromatic heterocycles. The fourth-order valence-electron chi connectivity index (χ4n) is 5.40. The summed E-state index contributed by atoms with van der Waals surface area (Å²) in [6.45, 7) is 5.73. The van der Waals surface area contributed by atoms with E-state index in [2.05, 4.69) is 11.4 Å². The average Bonchev–Trinajstić information content (AvgIpc) is 3.45. The van der Waals surface area contributed by atoms with Crippen molar-refractivity contribution in [2.75, 3.05) is 26.2 Å². The zero-order valence-electron chi connectivity index (χ0n) is 22.9. The van der Waals surface area contributed by atoms with E-state index in [-0.39, 0.29) is 44.9 Å². The highest BCUT2D eigenvalue weighted by molar-refractivity contribution is 6.43. The Morgan fingerprint density at radius 2 is 1.92 bits per heavy atom. The van der Waals surface area contributed by atoms with E-state index in [1.54, 1.807) is 41.0 Å². The lowest BCUT2D eigenvalue weighted by Crippen LogP contribution is -2.53. The van der Waals surface area contributed by atoms with Crippen LogP contribution in [0.5, 0.6) is 0 Å². The van der Waals surface area contributed by atoms with Crippen molar-refractivity contribution >= 4 is 19.1 Å². The van der Waals surface area contributed by atoms with Gasteiger partial charge in [-0.25, -0.2) is 13.6 Å². The number of halogens is 2. The summed E-state index contributed by atoms with van der Waals surface area (Å²) >= 11 is 0. The molecule has 2 aliphatic rings. The maximum Gasteiger partial charge on any atom is 0.475 e. The van der Waals surface area contributed by atoms with Crippen LogP contribution in [-0.2, 0) is 16.0 Å². The van der Waals surface area contributed by atoms with Gasteiger partial charge in [-0.3, -0.25) is 9.69 Å². The number of amides is 2. The molecule has 2 aliphatic heterocycles. The number of hydrogen-bond acceptors (Lipinski definition) is 7. The van der Waals surface area contributed by atoms with Crippen LogP contribution in [0.25, 0.3) is 0 Å². The van der Waals surface area contributed by atoms with Crippen molar-refractivity contribution in [3.05, 3.63) is 35.9 Å². The second kappa shape index (κ2) is 12.6. The molecule has 0 spiro atoms. The maximum absolute atomic E-state index is 13.7. The Labute approximate surface area is 229 Å². The van der Waals surface area contributed by atoms with Crippen LogP contribution in [0.3, 0.4) is 0 Å². The molecule has 1 aromatic rings. The highest BCUT2D eigenvalue weighted by Gasteiger charge is 2.46. The van der Waals surface area contributed by atoms with Crippen LogP contribution in [0.15, 0.2) is 30.3 Å². The van der Waals surface area contributed by atoms with Gasteiger partial charge >= 0.3 is 13.2 Å². The second-order valence-corrected chi connectivity index (χ2v) is 11.6. The predicted molar refractivity (Wildman–Crippen MR) is 142 cm³/mol. The minimum atomic E-state index is -2.72. The summed E-state index contributed by atoms with van der Waals surface area (Å²) in [5.41, 5.74) is -0.610. The van der Waals surface area contributed by atoms with Gasteiger partial charge in [-0.15, -0.1) is 0 Å². The Kier molecular flexibility index (Phi) is 9.96. The molecule has 2 saturated heterocycles. The number of nitrogens with one attached hydrogen (secondary N) is 1. The summed E-state index contributed by atoms with van der Waals surface area (Å²) < 4.78 is 32.9. The van der Waals surface area contributed by atoms with E-state index in [1.165, 1.54) is 0 Å². The molecule has 1 unspecified atom stereocenters. The normalized spacial score (nSPS) is 22.7. The first-order valence-electron chi connectivity index (χ1n) is 13.4. The Bertz CT molecular complexity index is 1040. The highest BCUT2D eigenvalue weighted by Crippen LogP contribution is 2.36. The van der Waals surface area contributed by atoms with E-state index < -0.39 is 42.1 Å². The largest absolute Gasteiger partial charge is 0.475 e. The van der Waals surface area contributed by atoms with Crippen LogP contribution in [0.1, 0.15) is 58.4 Å². The average molecular weight is 548 g/mol. The number of benzene rings is 1. The number of nitriles is 1. The molecule has 1 aromatic carbocycles. The first kappa shape index (κ1) is 30.8. The Morgan fingerprint density at radius 3 is 2.51 bits per heavy atom. The molecule has 2 heterocycles. The quantitative estimate of drug-likeness (QED) is 0.363. The minimum absolute atomic E-state index is 0.128. The van der Waals surface area contributed by atoms with Gasteiger partial charge in [0.2, 0.25) is 5.91 Å². The van der Waals surface area contributed by atoms with E-state index in [1.807, 2.05) is 19.9 Å². The van der Waals surface area contributed by atoms with Crippen molar-refractivity contribution in [1.29, 1.82) is 5.26 Å². The highest BCUT2D eigenvalue weighted by atomic mass is 19.3. The predicted octanol–water partition coefficient (Wildman–Crippen LogP) is 2.76. The summed E-state index contributed by atoms with van der Waals surface area (Å²) in [7, 11) is -1.80. The lowest BCUT2D eigenvalue weighted by molar-refractivity contribution is -0.139. The molecule has 3 N–H and O–H groups in total. The number of alkyl halides is 2. The van der Waals surface area contributed by atoms with Crippen molar-refractivity contribution < 1.29 is 33.2 Å². The zero-order chi connectivity index (χ0) is 28.8. The smallest absolute Gasteiger partial charge is 0.447 e. The molecule has 214 valence electrons. The van der Waals surface area contributed by atoms with E-state index >= 15 is 0 Å². The number of likely N-dealkylation sites (tertiary alicyclic amines) is 2. The van der Waals surface area contributed by atoms with Crippen LogP contribution < -0.4 is 5.32 Å². The molecule has 39 heavy (non-hydrogen) atoms. The van der Waals surface area contributed by atoms with Gasteiger partial charge in [0.05, 0.1) is 24.1 Å². The monoisotopic (exact) mass is 548 g/mol. The van der Waals surface area contributed by atoms with Gasteiger partial charge in [-0.1, -0.05) is 30.3 Å². The van der Waals surface area contributed by atoms with Crippen LogP contribution in [0, 0.1) is 17.2 Å². The van der Waals surface area contributed by atoms with E-state index in [4.69, 9.17) is 4.74 Å². The number of nitrogens with zero attached hydrogens (tertiary/aromatic N) is 3. The molecular weight excluding hydrogens is 509 g/mol. The molecule has 2 amide bonds. The first-order valence-corrected chi connectivity index (χ1v) is 13.4. The number of carbonyl (C=O) groups is 2. The Morgan fingerprint density at radius 1 is 1.23 bits per heavy atom. The lowest BCUT2D eigenvalue weighted by atomic mass is 9.76.